The second-order valence-electron chi connectivity index (χ2n) is 8.47. The van der Waals surface area contributed by atoms with E-state index in [0.717, 1.165) is 36.1 Å². The van der Waals surface area contributed by atoms with Crippen LogP contribution in [0.25, 0.3) is 6.08 Å². The Morgan fingerprint density at radius 1 is 1.06 bits per heavy atom. The molecule has 0 saturated heterocycles. The van der Waals surface area contributed by atoms with Gasteiger partial charge in [0.1, 0.15) is 11.5 Å². The highest BCUT2D eigenvalue weighted by Crippen LogP contribution is 2.31. The Hall–Kier alpha value is -3.65. The number of allylic oxidation sites excluding steroid dienone is 1. The SMILES string of the molecule is CCCCCOc1ccc(/C=c2/sc3n(c2=O)[C@H](c2ccc(OC)cc2)C(C(=O)OC)=C(C)N=3)cc1. The first-order valence-corrected chi connectivity index (χ1v) is 12.8. The van der Waals surface area contributed by atoms with Crippen LogP contribution in [-0.4, -0.2) is 31.4 Å². The van der Waals surface area contributed by atoms with Gasteiger partial charge in [-0.1, -0.05) is 55.4 Å². The van der Waals surface area contributed by atoms with Gasteiger partial charge in [0.25, 0.3) is 5.56 Å². The number of ether oxygens (including phenoxy) is 3. The maximum Gasteiger partial charge on any atom is 0.338 e. The Morgan fingerprint density at radius 3 is 2.39 bits per heavy atom. The van der Waals surface area contributed by atoms with Gasteiger partial charge in [0.15, 0.2) is 4.80 Å². The van der Waals surface area contributed by atoms with Gasteiger partial charge in [0, 0.05) is 0 Å². The molecule has 1 atom stereocenters. The fraction of sp³-hybridized carbons (Fsp3) is 0.321. The predicted octanol–water partition coefficient (Wildman–Crippen LogP) is 3.99. The van der Waals surface area contributed by atoms with Crippen molar-refractivity contribution in [1.29, 1.82) is 0 Å². The summed E-state index contributed by atoms with van der Waals surface area (Å²) in [6, 6.07) is 14.3. The fourth-order valence-corrected chi connectivity index (χ4v) is 5.19. The number of aromatic nitrogens is 1. The molecule has 36 heavy (non-hydrogen) atoms. The molecule has 0 amide bonds. The normalized spacial score (nSPS) is 15.3. The third kappa shape index (κ3) is 5.28. The lowest BCUT2D eigenvalue weighted by Crippen LogP contribution is -2.39. The van der Waals surface area contributed by atoms with Crippen molar-refractivity contribution in [2.45, 2.75) is 39.2 Å². The third-order valence-electron chi connectivity index (χ3n) is 6.05. The molecule has 188 valence electrons. The van der Waals surface area contributed by atoms with E-state index < -0.39 is 12.0 Å². The Bertz CT molecular complexity index is 1430. The summed E-state index contributed by atoms with van der Waals surface area (Å²) in [6.45, 7) is 4.62. The van der Waals surface area contributed by atoms with Crippen LogP contribution in [-0.2, 0) is 9.53 Å². The number of esters is 1. The van der Waals surface area contributed by atoms with Gasteiger partial charge in [-0.3, -0.25) is 9.36 Å². The highest BCUT2D eigenvalue weighted by atomic mass is 32.1. The molecule has 0 N–H and O–H groups in total. The molecule has 7 nitrogen and oxygen atoms in total. The molecule has 1 aliphatic heterocycles. The number of nitrogens with zero attached hydrogens (tertiary/aromatic N) is 2. The maximum absolute atomic E-state index is 13.6. The summed E-state index contributed by atoms with van der Waals surface area (Å²) >= 11 is 1.30. The Kier molecular flexibility index (Phi) is 8.05. The molecule has 1 aliphatic rings. The molecule has 0 fully saturated rings. The van der Waals surface area contributed by atoms with Gasteiger partial charge in [0.2, 0.25) is 0 Å². The summed E-state index contributed by atoms with van der Waals surface area (Å²) in [5.74, 6) is 0.979. The standard InChI is InChI=1S/C28H30N2O5S/c1-5-6-7-16-35-22-12-8-19(9-13-22)17-23-26(31)30-25(20-10-14-21(33-3)15-11-20)24(27(32)34-4)18(2)29-28(30)36-23/h8-15,17,25H,5-7,16H2,1-4H3/b23-17+/t25-/m1/s1. The molecule has 0 spiro atoms. The zero-order chi connectivity index (χ0) is 25.7. The molecule has 0 unspecified atom stereocenters. The van der Waals surface area contributed by atoms with Crippen molar-refractivity contribution in [2.24, 2.45) is 4.99 Å². The van der Waals surface area contributed by atoms with Gasteiger partial charge in [-0.2, -0.15) is 0 Å². The first-order valence-electron chi connectivity index (χ1n) is 11.9. The van der Waals surface area contributed by atoms with Crippen LogP contribution in [0, 0.1) is 0 Å². The van der Waals surface area contributed by atoms with Crippen molar-refractivity contribution >= 4 is 23.4 Å². The van der Waals surface area contributed by atoms with Crippen LogP contribution < -0.4 is 24.4 Å². The lowest BCUT2D eigenvalue weighted by atomic mass is 9.96. The van der Waals surface area contributed by atoms with Crippen molar-refractivity contribution in [3.63, 3.8) is 0 Å². The highest BCUT2D eigenvalue weighted by molar-refractivity contribution is 7.07. The van der Waals surface area contributed by atoms with Gasteiger partial charge in [-0.05, 0) is 54.8 Å². The number of thiazole rings is 1. The monoisotopic (exact) mass is 506 g/mol. The largest absolute Gasteiger partial charge is 0.497 e. The summed E-state index contributed by atoms with van der Waals surface area (Å²) in [5.41, 5.74) is 2.30. The van der Waals surface area contributed by atoms with Gasteiger partial charge in [-0.15, -0.1) is 0 Å². The molecule has 2 heterocycles. The first kappa shape index (κ1) is 25.4. The van der Waals surface area contributed by atoms with Crippen LogP contribution in [0.3, 0.4) is 0 Å². The van der Waals surface area contributed by atoms with E-state index in [-0.39, 0.29) is 5.56 Å². The molecule has 8 heteroatoms. The number of rotatable bonds is 9. The number of hydrogen-bond acceptors (Lipinski definition) is 7. The van der Waals surface area contributed by atoms with E-state index >= 15 is 0 Å². The van der Waals surface area contributed by atoms with E-state index in [1.54, 1.807) is 30.7 Å². The smallest absolute Gasteiger partial charge is 0.338 e. The average Bonchev–Trinajstić information content (AvgIpc) is 3.20. The first-order chi connectivity index (χ1) is 17.5. The van der Waals surface area contributed by atoms with Crippen molar-refractivity contribution < 1.29 is 19.0 Å². The van der Waals surface area contributed by atoms with E-state index in [1.807, 2.05) is 42.5 Å². The third-order valence-corrected chi connectivity index (χ3v) is 7.04. The summed E-state index contributed by atoms with van der Waals surface area (Å²) in [7, 11) is 2.92. The molecule has 0 bridgehead atoms. The molecule has 1 aromatic heterocycles. The van der Waals surface area contributed by atoms with E-state index in [9.17, 15) is 9.59 Å². The molecule has 0 radical (unpaired) electrons. The van der Waals surface area contributed by atoms with Crippen LogP contribution in [0.1, 0.15) is 50.3 Å². The van der Waals surface area contributed by atoms with E-state index in [4.69, 9.17) is 14.2 Å². The van der Waals surface area contributed by atoms with Crippen molar-refractivity contribution in [1.82, 2.24) is 4.57 Å². The summed E-state index contributed by atoms with van der Waals surface area (Å²) in [6.07, 6.45) is 5.17. The quantitative estimate of drug-likeness (QED) is 0.324. The number of methoxy groups -OCH3 is 2. The Balaban J connectivity index is 1.74. The summed E-state index contributed by atoms with van der Waals surface area (Å²) in [4.78, 5) is 31.5. The Morgan fingerprint density at radius 2 is 1.75 bits per heavy atom. The van der Waals surface area contributed by atoms with Crippen molar-refractivity contribution in [2.75, 3.05) is 20.8 Å². The highest BCUT2D eigenvalue weighted by Gasteiger charge is 2.33. The molecular formula is C28H30N2O5S. The van der Waals surface area contributed by atoms with Crippen molar-refractivity contribution in [3.8, 4) is 11.5 Å². The fourth-order valence-electron chi connectivity index (χ4n) is 4.15. The number of carbonyl (C=O) groups is 1. The van der Waals surface area contributed by atoms with Crippen LogP contribution >= 0.6 is 11.3 Å². The van der Waals surface area contributed by atoms with E-state index in [0.29, 0.717) is 33.0 Å². The predicted molar refractivity (Wildman–Crippen MR) is 140 cm³/mol. The van der Waals surface area contributed by atoms with Gasteiger partial charge in [0.05, 0.1) is 42.7 Å². The zero-order valence-corrected chi connectivity index (χ0v) is 21.8. The lowest BCUT2D eigenvalue weighted by molar-refractivity contribution is -0.136. The number of benzene rings is 2. The number of unbranched alkanes of at least 4 members (excludes halogenated alkanes) is 2. The topological polar surface area (TPSA) is 79.1 Å². The van der Waals surface area contributed by atoms with E-state index in [1.165, 1.54) is 18.4 Å². The van der Waals surface area contributed by atoms with E-state index in [2.05, 4.69) is 11.9 Å². The van der Waals surface area contributed by atoms with Gasteiger partial charge >= 0.3 is 5.97 Å². The van der Waals surface area contributed by atoms with Crippen LogP contribution in [0.2, 0.25) is 0 Å². The minimum atomic E-state index is -0.652. The number of fused-ring (bicyclic) bond motifs is 1. The molecular weight excluding hydrogens is 476 g/mol. The minimum Gasteiger partial charge on any atom is -0.497 e. The molecule has 4 rings (SSSR count). The average molecular weight is 507 g/mol. The summed E-state index contributed by atoms with van der Waals surface area (Å²) in [5, 5.41) is 0. The summed E-state index contributed by atoms with van der Waals surface area (Å²) < 4.78 is 18.2. The zero-order valence-electron chi connectivity index (χ0n) is 20.9. The van der Waals surface area contributed by atoms with Crippen molar-refractivity contribution in [3.05, 3.63) is 90.6 Å². The number of carbonyl (C=O) groups excluding carboxylic acids is 1. The van der Waals surface area contributed by atoms with Gasteiger partial charge < -0.3 is 14.2 Å². The van der Waals surface area contributed by atoms with Crippen LogP contribution in [0.5, 0.6) is 11.5 Å². The molecule has 0 saturated carbocycles. The minimum absolute atomic E-state index is 0.214. The second kappa shape index (κ2) is 11.4. The lowest BCUT2D eigenvalue weighted by Gasteiger charge is -2.24. The van der Waals surface area contributed by atoms with Crippen LogP contribution in [0.15, 0.2) is 69.6 Å². The Labute approximate surface area is 214 Å². The number of hydrogen-bond donors (Lipinski definition) is 0. The van der Waals surface area contributed by atoms with Crippen LogP contribution in [0.4, 0.5) is 0 Å². The molecule has 3 aromatic rings. The second-order valence-corrected chi connectivity index (χ2v) is 9.48. The van der Waals surface area contributed by atoms with Gasteiger partial charge in [-0.25, -0.2) is 9.79 Å². The molecule has 0 aliphatic carbocycles. The molecule has 2 aromatic carbocycles. The maximum atomic E-state index is 13.6.